The molecule has 35 heavy (non-hydrogen) atoms. The molecule has 0 saturated heterocycles. The van der Waals surface area contributed by atoms with E-state index in [1.54, 1.807) is 42.6 Å². The highest BCUT2D eigenvalue weighted by atomic mass is 32.2. The number of aromatic nitrogens is 4. The van der Waals surface area contributed by atoms with Gasteiger partial charge < -0.3 is 0 Å². The number of sulfone groups is 1. The Bertz CT molecular complexity index is 1650. The molecule has 2 aromatic carbocycles. The van der Waals surface area contributed by atoms with Gasteiger partial charge >= 0.3 is 0 Å². The van der Waals surface area contributed by atoms with Crippen molar-refractivity contribution in [1.82, 2.24) is 19.9 Å². The third-order valence-corrected chi connectivity index (χ3v) is 7.61. The minimum absolute atomic E-state index is 0.205. The van der Waals surface area contributed by atoms with E-state index in [0.717, 1.165) is 38.7 Å². The van der Waals surface area contributed by atoms with Crippen LogP contribution in [0.1, 0.15) is 16.8 Å². The molecule has 0 amide bonds. The van der Waals surface area contributed by atoms with Gasteiger partial charge in [-0.25, -0.2) is 23.4 Å². The topological polar surface area (TPSA) is 85.7 Å². The fourth-order valence-electron chi connectivity index (χ4n) is 4.20. The Morgan fingerprint density at radius 1 is 0.829 bits per heavy atom. The Kier molecular flexibility index (Phi) is 5.82. The molecule has 5 rings (SSSR count). The van der Waals surface area contributed by atoms with Gasteiger partial charge in [0.15, 0.2) is 9.84 Å². The van der Waals surface area contributed by atoms with Crippen LogP contribution in [-0.2, 0) is 15.6 Å². The zero-order valence-corrected chi connectivity index (χ0v) is 19.9. The van der Waals surface area contributed by atoms with Crippen molar-refractivity contribution in [2.24, 2.45) is 0 Å². The van der Waals surface area contributed by atoms with Crippen LogP contribution in [0, 0.1) is 19.8 Å². The van der Waals surface area contributed by atoms with Crippen LogP contribution >= 0.6 is 0 Å². The van der Waals surface area contributed by atoms with Crippen LogP contribution in [0.5, 0.6) is 0 Å². The van der Waals surface area contributed by atoms with Crippen molar-refractivity contribution in [1.29, 1.82) is 0 Å². The molecule has 3 aromatic heterocycles. The fraction of sp³-hybridized carbons (Fsp3) is 0.111. The van der Waals surface area contributed by atoms with E-state index in [1.807, 2.05) is 32.0 Å². The molecule has 6 nitrogen and oxygen atoms in total. The van der Waals surface area contributed by atoms with E-state index >= 15 is 0 Å². The van der Waals surface area contributed by atoms with Gasteiger partial charge in [-0.3, -0.25) is 4.98 Å². The fourth-order valence-corrected chi connectivity index (χ4v) is 5.51. The Balaban J connectivity index is 1.55. The molecule has 0 fully saturated rings. The lowest BCUT2D eigenvalue weighted by Gasteiger charge is -2.13. The summed E-state index contributed by atoms with van der Waals surface area (Å²) >= 11 is 0. The standard InChI is InChI=1S/C27H21FN4O2S/c1-17-7-11-31-27(28)25(17)20-3-5-23(18(2)13-20)26-24-6-4-22(14-19(24)8-12-30-26)35(33,34)15-21-9-10-29-16-32-21/h3-14,16H,15H2,1-2H3. The van der Waals surface area contributed by atoms with Crippen LogP contribution in [0.3, 0.4) is 0 Å². The second-order valence-electron chi connectivity index (χ2n) is 8.33. The molecule has 8 heteroatoms. The summed E-state index contributed by atoms with van der Waals surface area (Å²) in [5.74, 6) is -0.708. The Morgan fingerprint density at radius 2 is 1.66 bits per heavy atom. The van der Waals surface area contributed by atoms with Gasteiger partial charge in [0.2, 0.25) is 5.95 Å². The Morgan fingerprint density at radius 3 is 2.40 bits per heavy atom. The van der Waals surface area contributed by atoms with E-state index in [2.05, 4.69) is 19.9 Å². The van der Waals surface area contributed by atoms with Crippen LogP contribution in [0.4, 0.5) is 4.39 Å². The summed E-state index contributed by atoms with van der Waals surface area (Å²) in [6.45, 7) is 3.80. The zero-order chi connectivity index (χ0) is 24.6. The number of halogens is 1. The lowest BCUT2D eigenvalue weighted by Crippen LogP contribution is -2.06. The third kappa shape index (κ3) is 4.40. The van der Waals surface area contributed by atoms with Gasteiger partial charge in [0.25, 0.3) is 0 Å². The van der Waals surface area contributed by atoms with Crippen LogP contribution in [0.15, 0.2) is 84.4 Å². The van der Waals surface area contributed by atoms with E-state index in [9.17, 15) is 12.8 Å². The molecule has 0 atom stereocenters. The molecule has 0 spiro atoms. The lowest BCUT2D eigenvalue weighted by molar-refractivity contribution is 0.586. The van der Waals surface area contributed by atoms with Crippen LogP contribution in [0.25, 0.3) is 33.2 Å². The van der Waals surface area contributed by atoms with Crippen LogP contribution < -0.4 is 0 Å². The molecule has 174 valence electrons. The van der Waals surface area contributed by atoms with Crippen molar-refractivity contribution in [3.8, 4) is 22.4 Å². The van der Waals surface area contributed by atoms with Crippen molar-refractivity contribution < 1.29 is 12.8 Å². The molecular formula is C27H21FN4O2S. The number of fused-ring (bicyclic) bond motifs is 1. The first-order chi connectivity index (χ1) is 16.8. The van der Waals surface area contributed by atoms with Crippen LogP contribution in [-0.4, -0.2) is 28.4 Å². The van der Waals surface area contributed by atoms with E-state index < -0.39 is 15.8 Å². The van der Waals surface area contributed by atoms with Gasteiger partial charge in [0.05, 0.1) is 22.0 Å². The van der Waals surface area contributed by atoms with Gasteiger partial charge in [-0.05, 0) is 66.3 Å². The number of rotatable bonds is 5. The molecule has 5 aromatic rings. The Labute approximate surface area is 202 Å². The van der Waals surface area contributed by atoms with Crippen LogP contribution in [0.2, 0.25) is 0 Å². The minimum atomic E-state index is -3.59. The quantitative estimate of drug-likeness (QED) is 0.307. The van der Waals surface area contributed by atoms with Gasteiger partial charge in [-0.1, -0.05) is 24.3 Å². The molecule has 0 aliphatic heterocycles. The maximum atomic E-state index is 14.4. The number of benzene rings is 2. The van der Waals surface area contributed by atoms with Gasteiger partial charge in [-0.2, -0.15) is 4.39 Å². The maximum absolute atomic E-state index is 14.4. The third-order valence-electron chi connectivity index (χ3n) is 5.96. The predicted octanol–water partition coefficient (Wildman–Crippen LogP) is 5.48. The summed E-state index contributed by atoms with van der Waals surface area (Å²) in [6, 6.07) is 15.9. The van der Waals surface area contributed by atoms with Crippen molar-refractivity contribution in [3.63, 3.8) is 0 Å². The highest BCUT2D eigenvalue weighted by Gasteiger charge is 2.18. The lowest BCUT2D eigenvalue weighted by atomic mass is 9.95. The Hall–Kier alpha value is -4.04. The first-order valence-corrected chi connectivity index (χ1v) is 12.6. The number of aryl methyl sites for hydroxylation is 2. The molecule has 3 heterocycles. The number of hydrogen-bond donors (Lipinski definition) is 0. The summed E-state index contributed by atoms with van der Waals surface area (Å²) < 4.78 is 40.3. The number of pyridine rings is 2. The van der Waals surface area contributed by atoms with Gasteiger partial charge in [0, 0.05) is 35.1 Å². The summed E-state index contributed by atoms with van der Waals surface area (Å²) in [4.78, 5) is 16.4. The van der Waals surface area contributed by atoms with Crippen molar-refractivity contribution in [2.45, 2.75) is 24.5 Å². The second-order valence-corrected chi connectivity index (χ2v) is 10.3. The highest BCUT2D eigenvalue weighted by molar-refractivity contribution is 7.90. The molecule has 0 bridgehead atoms. The van der Waals surface area contributed by atoms with E-state index in [4.69, 9.17) is 0 Å². The minimum Gasteiger partial charge on any atom is -0.256 e. The zero-order valence-electron chi connectivity index (χ0n) is 19.1. The molecule has 0 N–H and O–H groups in total. The second kappa shape index (κ2) is 8.96. The monoisotopic (exact) mass is 484 g/mol. The van der Waals surface area contributed by atoms with Gasteiger partial charge in [-0.15, -0.1) is 0 Å². The van der Waals surface area contributed by atoms with Crippen molar-refractivity contribution >= 4 is 20.6 Å². The smallest absolute Gasteiger partial charge is 0.220 e. The van der Waals surface area contributed by atoms with E-state index in [1.165, 1.54) is 18.7 Å². The molecule has 0 aliphatic rings. The average molecular weight is 485 g/mol. The van der Waals surface area contributed by atoms with Crippen molar-refractivity contribution in [2.75, 3.05) is 0 Å². The first kappa shape index (κ1) is 22.7. The summed E-state index contributed by atoms with van der Waals surface area (Å²) in [5.41, 5.74) is 5.01. The maximum Gasteiger partial charge on any atom is 0.220 e. The summed E-state index contributed by atoms with van der Waals surface area (Å²) in [6.07, 6.45) is 5.98. The SMILES string of the molecule is Cc1cc(-c2c(C)ccnc2F)ccc1-c1nccc2cc(S(=O)(=O)Cc3ccncn3)ccc12. The van der Waals surface area contributed by atoms with E-state index in [-0.39, 0.29) is 10.6 Å². The van der Waals surface area contributed by atoms with Gasteiger partial charge in [0.1, 0.15) is 6.33 Å². The normalized spacial score (nSPS) is 11.6. The molecule has 0 saturated carbocycles. The molecular weight excluding hydrogens is 463 g/mol. The predicted molar refractivity (Wildman–Crippen MR) is 133 cm³/mol. The number of hydrogen-bond acceptors (Lipinski definition) is 6. The van der Waals surface area contributed by atoms with E-state index in [0.29, 0.717) is 11.3 Å². The number of nitrogens with zero attached hydrogens (tertiary/aromatic N) is 4. The summed E-state index contributed by atoms with van der Waals surface area (Å²) in [5, 5.41) is 1.59. The largest absolute Gasteiger partial charge is 0.256 e. The van der Waals surface area contributed by atoms with Crippen molar-refractivity contribution in [3.05, 3.63) is 102 Å². The average Bonchev–Trinajstić information content (AvgIpc) is 2.84. The summed E-state index contributed by atoms with van der Waals surface area (Å²) in [7, 11) is -3.59. The highest BCUT2D eigenvalue weighted by Crippen LogP contribution is 2.34. The molecule has 0 aliphatic carbocycles. The molecule has 0 unspecified atom stereocenters. The first-order valence-electron chi connectivity index (χ1n) is 10.9. The molecule has 0 radical (unpaired) electrons.